The Balaban J connectivity index is 0.949. The summed E-state index contributed by atoms with van der Waals surface area (Å²) < 4.78 is 29.7. The Labute approximate surface area is 317 Å². The summed E-state index contributed by atoms with van der Waals surface area (Å²) >= 11 is 0. The van der Waals surface area contributed by atoms with Crippen LogP contribution < -0.4 is 0 Å². The normalized spacial score (nSPS) is 56.4. The lowest BCUT2D eigenvalue weighted by atomic mass is 9.43. The maximum atomic E-state index is 12.0. The van der Waals surface area contributed by atoms with E-state index in [1.165, 1.54) is 0 Å². The highest BCUT2D eigenvalue weighted by Crippen LogP contribution is 2.71. The molecule has 10 N–H and O–H groups in total. The van der Waals surface area contributed by atoms with Crippen LogP contribution in [0.3, 0.4) is 0 Å². The molecule has 23 atom stereocenters. The maximum absolute atomic E-state index is 12.0. The van der Waals surface area contributed by atoms with Crippen LogP contribution in [0.1, 0.15) is 85.5 Å². The van der Waals surface area contributed by atoms with Crippen molar-refractivity contribution in [3.63, 3.8) is 0 Å². The fraction of sp³-hybridized carbons (Fsp3) is 1.00. The van der Waals surface area contributed by atoms with E-state index in [0.29, 0.717) is 49.9 Å². The average Bonchev–Trinajstić information content (AvgIpc) is 3.58. The number of rotatable bonds is 10. The molecular formula is C39H66O15. The molecule has 0 aromatic rings. The molecule has 3 saturated heterocycles. The Morgan fingerprint density at radius 2 is 1.33 bits per heavy atom. The highest BCUT2D eigenvalue weighted by atomic mass is 16.7. The van der Waals surface area contributed by atoms with Gasteiger partial charge in [0.05, 0.1) is 38.1 Å². The van der Waals surface area contributed by atoms with E-state index in [-0.39, 0.29) is 53.3 Å². The first-order valence-corrected chi connectivity index (χ1v) is 20.4. The van der Waals surface area contributed by atoms with Gasteiger partial charge in [-0.15, -0.1) is 0 Å². The van der Waals surface area contributed by atoms with Gasteiger partial charge in [0, 0.05) is 12.3 Å². The average molecular weight is 775 g/mol. The van der Waals surface area contributed by atoms with Gasteiger partial charge in [-0.1, -0.05) is 27.7 Å². The second-order valence-corrected chi connectivity index (χ2v) is 18.8. The predicted octanol–water partition coefficient (Wildman–Crippen LogP) is -0.633. The first-order chi connectivity index (χ1) is 25.5. The van der Waals surface area contributed by atoms with Gasteiger partial charge in [0.15, 0.2) is 18.4 Å². The van der Waals surface area contributed by atoms with Crippen molar-refractivity contribution < 1.29 is 74.7 Å². The van der Waals surface area contributed by atoms with Crippen molar-refractivity contribution in [3.8, 4) is 0 Å². The largest absolute Gasteiger partial charge is 0.394 e. The molecule has 312 valence electrons. The summed E-state index contributed by atoms with van der Waals surface area (Å²) in [5, 5.41) is 104. The lowest BCUT2D eigenvalue weighted by Gasteiger charge is -2.62. The number of aliphatic hydroxyl groups is 10. The molecule has 7 rings (SSSR count). The van der Waals surface area contributed by atoms with Crippen LogP contribution in [0.25, 0.3) is 0 Å². The molecule has 0 amide bonds. The Morgan fingerprint density at radius 3 is 1.98 bits per heavy atom. The van der Waals surface area contributed by atoms with Gasteiger partial charge in [0.25, 0.3) is 0 Å². The van der Waals surface area contributed by atoms with Crippen molar-refractivity contribution >= 4 is 0 Å². The van der Waals surface area contributed by atoms with E-state index >= 15 is 0 Å². The number of hydrogen-bond acceptors (Lipinski definition) is 15. The van der Waals surface area contributed by atoms with Crippen LogP contribution in [-0.2, 0) is 23.7 Å². The van der Waals surface area contributed by atoms with E-state index in [1.807, 2.05) is 6.92 Å². The number of ether oxygens (including phenoxy) is 5. The lowest BCUT2D eigenvalue weighted by Crippen LogP contribution is -2.61. The van der Waals surface area contributed by atoms with Crippen LogP contribution in [0.4, 0.5) is 0 Å². The summed E-state index contributed by atoms with van der Waals surface area (Å²) in [7, 11) is 0. The van der Waals surface area contributed by atoms with Crippen LogP contribution in [0.5, 0.6) is 0 Å². The van der Waals surface area contributed by atoms with Gasteiger partial charge in [-0.2, -0.15) is 0 Å². The Bertz CT molecular complexity index is 1290. The highest BCUT2D eigenvalue weighted by molar-refractivity contribution is 5.16. The van der Waals surface area contributed by atoms with Gasteiger partial charge < -0.3 is 74.7 Å². The summed E-state index contributed by atoms with van der Waals surface area (Å²) in [6.45, 7) is 7.88. The van der Waals surface area contributed by atoms with Gasteiger partial charge in [0.2, 0.25) is 0 Å². The minimum absolute atomic E-state index is 0.0143. The third-order valence-electron chi connectivity index (χ3n) is 15.9. The highest BCUT2D eigenvalue weighted by Gasteiger charge is 2.69. The molecule has 7 fully saturated rings. The van der Waals surface area contributed by atoms with E-state index in [2.05, 4.69) is 20.8 Å². The molecule has 0 unspecified atom stereocenters. The van der Waals surface area contributed by atoms with Crippen LogP contribution in [0.2, 0.25) is 0 Å². The zero-order valence-electron chi connectivity index (χ0n) is 32.0. The molecule has 4 saturated carbocycles. The molecule has 15 nitrogen and oxygen atoms in total. The fourth-order valence-corrected chi connectivity index (χ4v) is 12.7. The maximum Gasteiger partial charge on any atom is 0.186 e. The van der Waals surface area contributed by atoms with E-state index in [4.69, 9.17) is 23.7 Å². The third kappa shape index (κ3) is 6.92. The molecule has 0 spiro atoms. The Hall–Kier alpha value is -0.600. The molecule has 0 aromatic carbocycles. The predicted molar refractivity (Wildman–Crippen MR) is 188 cm³/mol. The summed E-state index contributed by atoms with van der Waals surface area (Å²) in [5.41, 5.74) is -0.169. The number of aliphatic hydroxyl groups excluding tert-OH is 9. The Morgan fingerprint density at radius 1 is 0.722 bits per heavy atom. The van der Waals surface area contributed by atoms with E-state index in [9.17, 15) is 51.1 Å². The lowest BCUT2D eigenvalue weighted by molar-refractivity contribution is -0.317. The molecule has 7 aliphatic rings. The molecule has 15 heteroatoms. The SMILES string of the molecule is C[C@H](CC[C@@]1(O)O[C@H]2C[C@H]3[C@@H]4C[C@H](O)[C@H]5C[C@@H](O[C@@H]6O[C@H](CO)[C@@H](O)[C@H](O)[C@H]6O)CC[C@]5(C)[C@H]4CC[C@]3(C)[C@H]2[C@@H]1C)CO[C@@H]1O[C@H](CO)[C@@H](O)[C@H](O)[C@H]1O. The van der Waals surface area contributed by atoms with Gasteiger partial charge in [-0.05, 0) is 97.7 Å². The first-order valence-electron chi connectivity index (χ1n) is 20.4. The van der Waals surface area contributed by atoms with Gasteiger partial charge in [-0.3, -0.25) is 0 Å². The zero-order chi connectivity index (χ0) is 39.1. The minimum Gasteiger partial charge on any atom is -0.394 e. The van der Waals surface area contributed by atoms with Crippen molar-refractivity contribution in [3.05, 3.63) is 0 Å². The van der Waals surface area contributed by atoms with Crippen LogP contribution in [0, 0.1) is 52.3 Å². The van der Waals surface area contributed by atoms with Crippen molar-refractivity contribution in [2.24, 2.45) is 52.3 Å². The quantitative estimate of drug-likeness (QED) is 0.124. The fourth-order valence-electron chi connectivity index (χ4n) is 12.7. The van der Waals surface area contributed by atoms with Crippen molar-refractivity contribution in [2.45, 2.75) is 171 Å². The van der Waals surface area contributed by atoms with Crippen LogP contribution in [0.15, 0.2) is 0 Å². The van der Waals surface area contributed by atoms with Gasteiger partial charge in [-0.25, -0.2) is 0 Å². The zero-order valence-corrected chi connectivity index (χ0v) is 32.0. The van der Waals surface area contributed by atoms with E-state index in [1.54, 1.807) is 0 Å². The van der Waals surface area contributed by atoms with Gasteiger partial charge in [0.1, 0.15) is 48.8 Å². The summed E-state index contributed by atoms with van der Waals surface area (Å²) in [5.74, 6) is -0.239. The monoisotopic (exact) mass is 774 g/mol. The number of fused-ring (bicyclic) bond motifs is 7. The standard InChI is InChI=1S/C39H66O15/c1-17(16-50-35-33(47)31(45)29(43)26(14-40)52-35)5-10-39(49)18(2)28-25(54-39)13-22-20-12-24(42)23-11-19(6-8-37(23,3)21(20)7-9-38(22,28)4)51-36-34(48)32(46)30(44)27(15-41)53-36/h17-36,40-49H,5-16H2,1-4H3/t17-,18+,19+,20-,21+,22+,23-,24+,25+,26-,27-,28+,29-,30-,31+,32+,33-,34-,35-,36-,37-,38+,39-/m1/s1. The second-order valence-electron chi connectivity index (χ2n) is 18.8. The van der Waals surface area contributed by atoms with E-state index < -0.39 is 86.5 Å². The van der Waals surface area contributed by atoms with Crippen molar-refractivity contribution in [1.29, 1.82) is 0 Å². The third-order valence-corrected chi connectivity index (χ3v) is 15.9. The molecular weight excluding hydrogens is 708 g/mol. The molecule has 4 aliphatic carbocycles. The molecule has 0 radical (unpaired) electrons. The second kappa shape index (κ2) is 15.5. The van der Waals surface area contributed by atoms with Crippen molar-refractivity contribution in [2.75, 3.05) is 19.8 Å². The summed E-state index contributed by atoms with van der Waals surface area (Å²) in [6.07, 6.45) is -7.60. The Kier molecular flexibility index (Phi) is 12.0. The summed E-state index contributed by atoms with van der Waals surface area (Å²) in [6, 6.07) is 0. The minimum atomic E-state index is -1.51. The van der Waals surface area contributed by atoms with Crippen LogP contribution >= 0.6 is 0 Å². The molecule has 0 bridgehead atoms. The molecule has 0 aromatic heterocycles. The van der Waals surface area contributed by atoms with Crippen LogP contribution in [-0.4, -0.2) is 156 Å². The smallest absolute Gasteiger partial charge is 0.186 e. The number of hydrogen-bond donors (Lipinski definition) is 10. The topological polar surface area (TPSA) is 248 Å². The first kappa shape index (κ1) is 41.6. The van der Waals surface area contributed by atoms with E-state index in [0.717, 1.165) is 25.7 Å². The molecule has 54 heavy (non-hydrogen) atoms. The molecule has 3 aliphatic heterocycles. The summed E-state index contributed by atoms with van der Waals surface area (Å²) in [4.78, 5) is 0. The molecule has 3 heterocycles. The van der Waals surface area contributed by atoms with Crippen molar-refractivity contribution in [1.82, 2.24) is 0 Å². The van der Waals surface area contributed by atoms with Gasteiger partial charge >= 0.3 is 0 Å².